The van der Waals surface area contributed by atoms with Crippen molar-refractivity contribution in [1.82, 2.24) is 15.3 Å². The number of rotatable bonds is 1. The lowest BCUT2D eigenvalue weighted by atomic mass is 9.99. The standard InChI is InChI=1S/C11H16N4O/c1-7-6-8(12-2)11(16)15(3)10-9(7)13-4-5-14-10/h4-5,7-8,12H,6H2,1-3H3. The van der Waals surface area contributed by atoms with Crippen LogP contribution in [0.3, 0.4) is 0 Å². The maximum atomic E-state index is 12.1. The lowest BCUT2D eigenvalue weighted by molar-refractivity contribution is -0.120. The summed E-state index contributed by atoms with van der Waals surface area (Å²) in [4.78, 5) is 22.2. The molecule has 0 aliphatic carbocycles. The fourth-order valence-electron chi connectivity index (χ4n) is 2.09. The highest BCUT2D eigenvalue weighted by Gasteiger charge is 2.31. The zero-order valence-corrected chi connectivity index (χ0v) is 9.77. The van der Waals surface area contributed by atoms with E-state index in [1.54, 1.807) is 31.4 Å². The molecule has 2 unspecified atom stereocenters. The molecule has 0 bridgehead atoms. The summed E-state index contributed by atoms with van der Waals surface area (Å²) in [5.74, 6) is 0.960. The molecule has 0 radical (unpaired) electrons. The first-order chi connectivity index (χ1) is 7.65. The smallest absolute Gasteiger partial charge is 0.245 e. The highest BCUT2D eigenvalue weighted by atomic mass is 16.2. The van der Waals surface area contributed by atoms with Crippen LogP contribution in [0.4, 0.5) is 5.82 Å². The molecule has 0 saturated heterocycles. The molecular formula is C11H16N4O. The third-order valence-electron chi connectivity index (χ3n) is 3.06. The van der Waals surface area contributed by atoms with Crippen molar-refractivity contribution in [1.29, 1.82) is 0 Å². The van der Waals surface area contributed by atoms with E-state index in [4.69, 9.17) is 0 Å². The minimum absolute atomic E-state index is 0.0496. The van der Waals surface area contributed by atoms with Crippen LogP contribution in [-0.4, -0.2) is 36.0 Å². The summed E-state index contributed by atoms with van der Waals surface area (Å²) >= 11 is 0. The van der Waals surface area contributed by atoms with E-state index < -0.39 is 0 Å². The van der Waals surface area contributed by atoms with Crippen molar-refractivity contribution in [2.24, 2.45) is 0 Å². The van der Waals surface area contributed by atoms with Gasteiger partial charge in [-0.2, -0.15) is 0 Å². The van der Waals surface area contributed by atoms with Crippen LogP contribution in [0.25, 0.3) is 0 Å². The average molecular weight is 220 g/mol. The van der Waals surface area contributed by atoms with E-state index in [2.05, 4.69) is 22.2 Å². The number of nitrogens with one attached hydrogen (secondary N) is 1. The third kappa shape index (κ3) is 1.67. The lowest BCUT2D eigenvalue weighted by Gasteiger charge is -2.19. The minimum atomic E-state index is -0.156. The molecule has 5 nitrogen and oxygen atoms in total. The molecule has 1 amide bonds. The molecule has 2 rings (SSSR count). The Morgan fingerprint density at radius 3 is 2.81 bits per heavy atom. The van der Waals surface area contributed by atoms with Gasteiger partial charge in [-0.1, -0.05) is 6.92 Å². The van der Waals surface area contributed by atoms with Gasteiger partial charge in [0.1, 0.15) is 0 Å². The zero-order valence-electron chi connectivity index (χ0n) is 9.77. The number of carbonyl (C=O) groups is 1. The van der Waals surface area contributed by atoms with Crippen molar-refractivity contribution in [3.63, 3.8) is 0 Å². The molecule has 5 heteroatoms. The number of anilines is 1. The quantitative estimate of drug-likeness (QED) is 0.750. The summed E-state index contributed by atoms with van der Waals surface area (Å²) in [7, 11) is 3.55. The predicted octanol–water partition coefficient (Wildman–Crippen LogP) is 0.535. The van der Waals surface area contributed by atoms with Crippen LogP contribution in [0.2, 0.25) is 0 Å². The van der Waals surface area contributed by atoms with E-state index in [-0.39, 0.29) is 17.9 Å². The summed E-state index contributed by atoms with van der Waals surface area (Å²) in [6.45, 7) is 2.07. The summed E-state index contributed by atoms with van der Waals surface area (Å²) in [5.41, 5.74) is 0.899. The summed E-state index contributed by atoms with van der Waals surface area (Å²) in [5, 5.41) is 3.04. The van der Waals surface area contributed by atoms with Crippen molar-refractivity contribution < 1.29 is 4.79 Å². The summed E-state index contributed by atoms with van der Waals surface area (Å²) in [6.07, 6.45) is 4.05. The second kappa shape index (κ2) is 4.17. The van der Waals surface area contributed by atoms with Gasteiger partial charge in [-0.25, -0.2) is 4.98 Å². The van der Waals surface area contributed by atoms with Gasteiger partial charge in [0.15, 0.2) is 5.82 Å². The average Bonchev–Trinajstić information content (AvgIpc) is 2.41. The second-order valence-electron chi connectivity index (χ2n) is 4.14. The Bertz CT molecular complexity index is 407. The number of aromatic nitrogens is 2. The Hall–Kier alpha value is -1.49. The normalized spacial score (nSPS) is 25.2. The van der Waals surface area contributed by atoms with E-state index in [1.807, 2.05) is 0 Å². The number of hydrogen-bond donors (Lipinski definition) is 1. The Balaban J connectivity index is 2.47. The largest absolute Gasteiger partial charge is 0.309 e. The van der Waals surface area contributed by atoms with Gasteiger partial charge in [0.2, 0.25) is 5.91 Å². The number of likely N-dealkylation sites (N-methyl/N-ethyl adjacent to an activating group) is 2. The molecule has 0 aromatic carbocycles. The molecule has 1 aliphatic rings. The maximum absolute atomic E-state index is 12.1. The van der Waals surface area contributed by atoms with Gasteiger partial charge in [0, 0.05) is 25.4 Å². The van der Waals surface area contributed by atoms with Gasteiger partial charge >= 0.3 is 0 Å². The van der Waals surface area contributed by atoms with Crippen LogP contribution in [0.1, 0.15) is 25.0 Å². The molecule has 1 aromatic rings. The maximum Gasteiger partial charge on any atom is 0.245 e. The van der Waals surface area contributed by atoms with Crippen molar-refractivity contribution >= 4 is 11.7 Å². The topological polar surface area (TPSA) is 58.1 Å². The van der Waals surface area contributed by atoms with Crippen LogP contribution in [0.5, 0.6) is 0 Å². The Kier molecular flexibility index (Phi) is 2.87. The monoisotopic (exact) mass is 220 g/mol. The molecule has 16 heavy (non-hydrogen) atoms. The van der Waals surface area contributed by atoms with E-state index in [9.17, 15) is 4.79 Å². The molecule has 86 valence electrons. The number of fused-ring (bicyclic) bond motifs is 1. The Morgan fingerprint density at radius 2 is 2.12 bits per heavy atom. The molecule has 1 N–H and O–H groups in total. The molecular weight excluding hydrogens is 204 g/mol. The third-order valence-corrected chi connectivity index (χ3v) is 3.06. The van der Waals surface area contributed by atoms with E-state index in [0.717, 1.165) is 12.1 Å². The van der Waals surface area contributed by atoms with Gasteiger partial charge in [0.05, 0.1) is 11.7 Å². The molecule has 1 aromatic heterocycles. The highest BCUT2D eigenvalue weighted by molar-refractivity contribution is 5.97. The van der Waals surface area contributed by atoms with Gasteiger partial charge in [-0.3, -0.25) is 14.7 Å². The number of nitrogens with zero attached hydrogens (tertiary/aromatic N) is 3. The Labute approximate surface area is 94.9 Å². The van der Waals surface area contributed by atoms with E-state index >= 15 is 0 Å². The van der Waals surface area contributed by atoms with Crippen molar-refractivity contribution in [3.05, 3.63) is 18.1 Å². The minimum Gasteiger partial charge on any atom is -0.309 e. The summed E-state index contributed by atoms with van der Waals surface area (Å²) in [6, 6.07) is -0.156. The molecule has 2 heterocycles. The molecule has 0 fully saturated rings. The van der Waals surface area contributed by atoms with E-state index in [0.29, 0.717) is 5.82 Å². The van der Waals surface area contributed by atoms with Crippen LogP contribution in [-0.2, 0) is 4.79 Å². The van der Waals surface area contributed by atoms with Gasteiger partial charge in [-0.15, -0.1) is 0 Å². The first-order valence-corrected chi connectivity index (χ1v) is 5.41. The highest BCUT2D eigenvalue weighted by Crippen LogP contribution is 2.30. The molecule has 2 atom stereocenters. The number of carbonyl (C=O) groups excluding carboxylic acids is 1. The fourth-order valence-corrected chi connectivity index (χ4v) is 2.09. The Morgan fingerprint density at radius 1 is 1.44 bits per heavy atom. The van der Waals surface area contributed by atoms with Crippen LogP contribution >= 0.6 is 0 Å². The number of amides is 1. The predicted molar refractivity (Wildman–Crippen MR) is 61.3 cm³/mol. The second-order valence-corrected chi connectivity index (χ2v) is 4.14. The first-order valence-electron chi connectivity index (χ1n) is 5.41. The summed E-state index contributed by atoms with van der Waals surface area (Å²) < 4.78 is 0. The van der Waals surface area contributed by atoms with Crippen LogP contribution < -0.4 is 10.2 Å². The van der Waals surface area contributed by atoms with Gasteiger partial charge < -0.3 is 5.32 Å². The van der Waals surface area contributed by atoms with Crippen molar-refractivity contribution in [3.8, 4) is 0 Å². The molecule has 1 aliphatic heterocycles. The van der Waals surface area contributed by atoms with Crippen molar-refractivity contribution in [2.45, 2.75) is 25.3 Å². The first kappa shape index (κ1) is 11.0. The fraction of sp³-hybridized carbons (Fsp3) is 0.545. The van der Waals surface area contributed by atoms with E-state index in [1.165, 1.54) is 0 Å². The molecule has 0 saturated carbocycles. The van der Waals surface area contributed by atoms with Crippen molar-refractivity contribution in [2.75, 3.05) is 19.0 Å². The van der Waals surface area contributed by atoms with Gasteiger partial charge in [-0.05, 0) is 13.5 Å². The molecule has 0 spiro atoms. The lowest BCUT2D eigenvalue weighted by Crippen LogP contribution is -2.43. The van der Waals surface area contributed by atoms with Crippen LogP contribution in [0, 0.1) is 0 Å². The van der Waals surface area contributed by atoms with Gasteiger partial charge in [0.25, 0.3) is 0 Å². The zero-order chi connectivity index (χ0) is 11.7. The van der Waals surface area contributed by atoms with Crippen LogP contribution in [0.15, 0.2) is 12.4 Å². The number of hydrogen-bond acceptors (Lipinski definition) is 4. The SMILES string of the molecule is CNC1CC(C)c2nccnc2N(C)C1=O.